The van der Waals surface area contributed by atoms with Crippen molar-refractivity contribution in [3.63, 3.8) is 0 Å². The first-order chi connectivity index (χ1) is 15.6. The third kappa shape index (κ3) is 4.53. The van der Waals surface area contributed by atoms with Gasteiger partial charge in [-0.25, -0.2) is 17.9 Å². The van der Waals surface area contributed by atoms with E-state index in [0.29, 0.717) is 35.5 Å². The number of allylic oxidation sites excluding steroid dienone is 4. The number of nitrogens with one attached hydrogen (secondary N) is 1. The van der Waals surface area contributed by atoms with E-state index in [2.05, 4.69) is 10.5 Å². The van der Waals surface area contributed by atoms with Crippen molar-refractivity contribution < 1.29 is 22.8 Å². The van der Waals surface area contributed by atoms with E-state index in [-0.39, 0.29) is 28.2 Å². The van der Waals surface area contributed by atoms with Crippen molar-refractivity contribution in [3.8, 4) is 11.1 Å². The summed E-state index contributed by atoms with van der Waals surface area (Å²) in [5.41, 5.74) is 9.82. The van der Waals surface area contributed by atoms with Crippen LogP contribution in [0.25, 0.3) is 11.1 Å². The van der Waals surface area contributed by atoms with E-state index in [1.165, 1.54) is 0 Å². The van der Waals surface area contributed by atoms with Crippen LogP contribution in [-0.4, -0.2) is 25.2 Å². The lowest BCUT2D eigenvalue weighted by atomic mass is 9.91. The molecule has 0 bridgehead atoms. The Morgan fingerprint density at radius 3 is 2.55 bits per heavy atom. The molecule has 0 spiro atoms. The van der Waals surface area contributed by atoms with Crippen molar-refractivity contribution in [3.05, 3.63) is 71.2 Å². The normalized spacial score (nSPS) is 21.7. The van der Waals surface area contributed by atoms with Crippen LogP contribution in [0.3, 0.4) is 0 Å². The predicted molar refractivity (Wildman–Crippen MR) is 122 cm³/mol. The number of anilines is 1. The molecule has 1 saturated carbocycles. The van der Waals surface area contributed by atoms with E-state index in [9.17, 15) is 17.6 Å². The van der Waals surface area contributed by atoms with Gasteiger partial charge in [0, 0.05) is 23.6 Å². The van der Waals surface area contributed by atoms with Gasteiger partial charge in [-0.3, -0.25) is 4.79 Å². The van der Waals surface area contributed by atoms with Gasteiger partial charge in [0.25, 0.3) is 0 Å². The quantitative estimate of drug-likeness (QED) is 0.391. The summed E-state index contributed by atoms with van der Waals surface area (Å²) in [6, 6.07) is 9.70. The number of nitrogens with two attached hydrogens (primary N) is 2. The summed E-state index contributed by atoms with van der Waals surface area (Å²) >= 11 is 0. The molecule has 1 fully saturated rings. The monoisotopic (exact) mass is 470 g/mol. The molecule has 0 unspecified atom stereocenters. The Balaban J connectivity index is 1.47. The number of nitrogens with zero attached hydrogens (tertiary/aromatic N) is 1. The minimum Gasteiger partial charge on any atom is -0.411 e. The molecule has 2 aliphatic rings. The van der Waals surface area contributed by atoms with Crippen LogP contribution < -0.4 is 16.2 Å². The van der Waals surface area contributed by atoms with Gasteiger partial charge in [-0.15, -0.1) is 0 Å². The van der Waals surface area contributed by atoms with Crippen LogP contribution in [0.1, 0.15) is 19.8 Å². The first-order valence-corrected chi connectivity index (χ1v) is 11.8. The van der Waals surface area contributed by atoms with Crippen molar-refractivity contribution >= 4 is 27.3 Å². The van der Waals surface area contributed by atoms with Crippen molar-refractivity contribution in [1.29, 1.82) is 0 Å². The number of benzene rings is 2. The number of rotatable bonds is 5. The zero-order chi connectivity index (χ0) is 23.9. The molecule has 2 aromatic rings. The largest absolute Gasteiger partial charge is 0.411 e. The lowest BCUT2D eigenvalue weighted by Crippen LogP contribution is -2.20. The van der Waals surface area contributed by atoms with Crippen LogP contribution in [-0.2, 0) is 14.8 Å². The van der Waals surface area contributed by atoms with Gasteiger partial charge in [0.1, 0.15) is 11.5 Å². The Hall–Kier alpha value is -3.50. The van der Waals surface area contributed by atoms with E-state index in [1.54, 1.807) is 24.3 Å². The minimum absolute atomic E-state index is 0.0488. The summed E-state index contributed by atoms with van der Waals surface area (Å²) in [5.74, 6) is -0.886. The summed E-state index contributed by atoms with van der Waals surface area (Å²) in [6.45, 7) is 1.85. The van der Waals surface area contributed by atoms with Crippen LogP contribution in [0.5, 0.6) is 0 Å². The molecule has 6 N–H and O–H groups in total. The number of carbonyl (C=O) groups is 1. The molecule has 33 heavy (non-hydrogen) atoms. The van der Waals surface area contributed by atoms with Crippen LogP contribution >= 0.6 is 0 Å². The lowest BCUT2D eigenvalue weighted by molar-refractivity contribution is -0.117. The van der Waals surface area contributed by atoms with Crippen molar-refractivity contribution in [1.82, 2.24) is 0 Å². The van der Waals surface area contributed by atoms with Gasteiger partial charge in [-0.05, 0) is 66.3 Å². The molecule has 4 rings (SSSR count). The standard InChI is InChI=1S/C23H23FN4O4S/c1-12-16(7-8-20(28-30)22(12)25)18-11-19(18)23(29)27-15-5-2-13(3-6-15)17-10-14(24)4-9-21(17)33(26,31)32/h2-7,9-10,18-19,30H,8,11,25H2,1H3,(H,27,29)(H2,26,31,32)/t18-,19-/m1/s1. The number of halogens is 1. The number of amides is 1. The SMILES string of the molecule is CC1=C(N)C(=NO)CC=C1[C@H]1C[C@H]1C(=O)Nc1ccc(-c2cc(F)ccc2S(N)(=O)=O)cc1. The van der Waals surface area contributed by atoms with E-state index >= 15 is 0 Å². The average molecular weight is 471 g/mol. The smallest absolute Gasteiger partial charge is 0.238 e. The topological polar surface area (TPSA) is 148 Å². The summed E-state index contributed by atoms with van der Waals surface area (Å²) in [4.78, 5) is 12.5. The molecule has 2 atom stereocenters. The highest BCUT2D eigenvalue weighted by atomic mass is 32.2. The van der Waals surface area contributed by atoms with Crippen LogP contribution in [0.15, 0.2) is 75.4 Å². The van der Waals surface area contributed by atoms with Gasteiger partial charge >= 0.3 is 0 Å². The van der Waals surface area contributed by atoms with Crippen molar-refractivity contribution in [2.24, 2.45) is 27.9 Å². The Kier molecular flexibility index (Phi) is 5.81. The van der Waals surface area contributed by atoms with E-state index in [1.807, 2.05) is 13.0 Å². The molecule has 172 valence electrons. The van der Waals surface area contributed by atoms with Gasteiger partial charge in [-0.2, -0.15) is 0 Å². The second-order valence-electron chi connectivity index (χ2n) is 8.15. The minimum atomic E-state index is -4.04. The van der Waals surface area contributed by atoms with Crippen molar-refractivity contribution in [2.45, 2.75) is 24.7 Å². The van der Waals surface area contributed by atoms with Crippen LogP contribution in [0.2, 0.25) is 0 Å². The number of primary sulfonamides is 1. The predicted octanol–water partition coefficient (Wildman–Crippen LogP) is 3.11. The first kappa shape index (κ1) is 22.7. The fourth-order valence-electron chi connectivity index (χ4n) is 4.14. The molecule has 0 saturated heterocycles. The molecule has 0 aliphatic heterocycles. The van der Waals surface area contributed by atoms with E-state index < -0.39 is 15.8 Å². The number of hydrogen-bond donors (Lipinski definition) is 4. The summed E-state index contributed by atoms with van der Waals surface area (Å²) < 4.78 is 37.4. The molecule has 0 heterocycles. The van der Waals surface area contributed by atoms with E-state index in [0.717, 1.165) is 29.3 Å². The highest BCUT2D eigenvalue weighted by molar-refractivity contribution is 7.89. The van der Waals surface area contributed by atoms with Crippen LogP contribution in [0.4, 0.5) is 10.1 Å². The summed E-state index contributed by atoms with van der Waals surface area (Å²) in [6.07, 6.45) is 3.05. The number of sulfonamides is 1. The van der Waals surface area contributed by atoms with Crippen LogP contribution in [0, 0.1) is 17.7 Å². The van der Waals surface area contributed by atoms with E-state index in [4.69, 9.17) is 16.1 Å². The fourth-order valence-corrected chi connectivity index (χ4v) is 4.88. The summed E-state index contributed by atoms with van der Waals surface area (Å²) in [7, 11) is -4.04. The maximum Gasteiger partial charge on any atom is 0.238 e. The third-order valence-electron chi connectivity index (χ3n) is 6.02. The van der Waals surface area contributed by atoms with Gasteiger partial charge in [0.15, 0.2) is 0 Å². The van der Waals surface area contributed by atoms with Gasteiger partial charge in [0.2, 0.25) is 15.9 Å². The number of oxime groups is 1. The highest BCUT2D eigenvalue weighted by Crippen LogP contribution is 2.48. The lowest BCUT2D eigenvalue weighted by Gasteiger charge is -2.17. The zero-order valence-corrected chi connectivity index (χ0v) is 18.6. The number of carbonyl (C=O) groups excluding carboxylic acids is 1. The summed E-state index contributed by atoms with van der Waals surface area (Å²) in [5, 5.41) is 20.3. The molecular weight excluding hydrogens is 447 g/mol. The molecule has 10 heteroatoms. The Labute approximate surface area is 190 Å². The second kappa shape index (κ2) is 8.45. The maximum absolute atomic E-state index is 13.7. The van der Waals surface area contributed by atoms with Gasteiger partial charge in [0.05, 0.1) is 10.6 Å². The highest BCUT2D eigenvalue weighted by Gasteiger charge is 2.46. The maximum atomic E-state index is 13.7. The molecule has 0 radical (unpaired) electrons. The van der Waals surface area contributed by atoms with Gasteiger partial charge < -0.3 is 16.3 Å². The molecule has 8 nitrogen and oxygen atoms in total. The Morgan fingerprint density at radius 1 is 1.21 bits per heavy atom. The Morgan fingerprint density at radius 2 is 1.91 bits per heavy atom. The first-order valence-electron chi connectivity index (χ1n) is 10.2. The molecule has 1 amide bonds. The molecule has 2 aromatic carbocycles. The molecule has 0 aromatic heterocycles. The van der Waals surface area contributed by atoms with Gasteiger partial charge in [-0.1, -0.05) is 23.4 Å². The Bertz CT molecular complexity index is 1330. The molecular formula is C23H23FN4O4S. The van der Waals surface area contributed by atoms with Crippen molar-refractivity contribution in [2.75, 3.05) is 5.32 Å². The second-order valence-corrected chi connectivity index (χ2v) is 9.68. The average Bonchev–Trinajstić information content (AvgIpc) is 3.56. The zero-order valence-electron chi connectivity index (χ0n) is 17.7. The fraction of sp³-hybridized carbons (Fsp3) is 0.217. The molecule has 2 aliphatic carbocycles. The number of hydrogen-bond acceptors (Lipinski definition) is 6. The third-order valence-corrected chi connectivity index (χ3v) is 6.99.